The number of nitrogens with zero attached hydrogens (tertiary/aromatic N) is 2. The predicted molar refractivity (Wildman–Crippen MR) is 138 cm³/mol. The molecule has 2 aliphatic rings. The third-order valence-electron chi connectivity index (χ3n) is 6.50. The fraction of sp³-hybridized carbons (Fsp3) is 0.615. The van der Waals surface area contributed by atoms with Crippen LogP contribution in [0.25, 0.3) is 11.1 Å². The first-order valence-corrected chi connectivity index (χ1v) is 13.0. The van der Waals surface area contributed by atoms with Crippen LogP contribution in [0.15, 0.2) is 9.98 Å². The van der Waals surface area contributed by atoms with Crippen LogP contribution in [-0.2, 0) is 9.47 Å². The van der Waals surface area contributed by atoms with Crippen LogP contribution in [0.3, 0.4) is 0 Å². The standard InChI is InChI=1S/C26H36N2O2S2/c1-13-19(21(15(3)31-13)23-27-17(11-29-23)25(5,6)7)20-14(2)32-16(4)22(20)24-28-18(12-30-24)26(8,9)10/h17-18H,11-12H2,1-10H3/t17-,18-/m1/s1. The molecule has 32 heavy (non-hydrogen) atoms. The van der Waals surface area contributed by atoms with Crippen molar-refractivity contribution in [3.05, 3.63) is 30.6 Å². The van der Waals surface area contributed by atoms with Gasteiger partial charge in [-0.15, -0.1) is 22.7 Å². The first-order chi connectivity index (χ1) is 14.8. The molecule has 4 nitrogen and oxygen atoms in total. The zero-order valence-corrected chi connectivity index (χ0v) is 22.7. The summed E-state index contributed by atoms with van der Waals surface area (Å²) in [4.78, 5) is 15.2. The van der Waals surface area contributed by atoms with E-state index in [4.69, 9.17) is 19.5 Å². The van der Waals surface area contributed by atoms with Gasteiger partial charge in [0.1, 0.15) is 13.2 Å². The van der Waals surface area contributed by atoms with Crippen LogP contribution in [0.4, 0.5) is 0 Å². The molecule has 2 aromatic heterocycles. The van der Waals surface area contributed by atoms with E-state index < -0.39 is 0 Å². The molecule has 0 N–H and O–H groups in total. The van der Waals surface area contributed by atoms with Crippen LogP contribution >= 0.6 is 22.7 Å². The molecular formula is C26H36N2O2S2. The van der Waals surface area contributed by atoms with E-state index in [-0.39, 0.29) is 22.9 Å². The first kappa shape index (κ1) is 23.5. The van der Waals surface area contributed by atoms with Crippen molar-refractivity contribution >= 4 is 34.5 Å². The van der Waals surface area contributed by atoms with Gasteiger partial charge in [-0.05, 0) is 38.5 Å². The van der Waals surface area contributed by atoms with Gasteiger partial charge in [0, 0.05) is 30.6 Å². The summed E-state index contributed by atoms with van der Waals surface area (Å²) >= 11 is 3.65. The Morgan fingerprint density at radius 3 is 1.19 bits per heavy atom. The van der Waals surface area contributed by atoms with Crippen molar-refractivity contribution < 1.29 is 9.47 Å². The quantitative estimate of drug-likeness (QED) is 0.478. The highest BCUT2D eigenvalue weighted by Crippen LogP contribution is 2.45. The Hall–Kier alpha value is -1.66. The minimum Gasteiger partial charge on any atom is -0.475 e. The van der Waals surface area contributed by atoms with Crippen LogP contribution < -0.4 is 0 Å². The molecule has 4 heterocycles. The summed E-state index contributed by atoms with van der Waals surface area (Å²) in [6.07, 6.45) is 0. The third-order valence-corrected chi connectivity index (χ3v) is 8.54. The smallest absolute Gasteiger partial charge is 0.218 e. The molecule has 4 rings (SSSR count). The lowest BCUT2D eigenvalue weighted by Gasteiger charge is -2.21. The van der Waals surface area contributed by atoms with E-state index >= 15 is 0 Å². The van der Waals surface area contributed by atoms with Crippen LogP contribution in [-0.4, -0.2) is 37.1 Å². The lowest BCUT2D eigenvalue weighted by Crippen LogP contribution is -2.25. The van der Waals surface area contributed by atoms with Crippen molar-refractivity contribution in [1.29, 1.82) is 0 Å². The van der Waals surface area contributed by atoms with Crippen molar-refractivity contribution in [1.82, 2.24) is 0 Å². The summed E-state index contributed by atoms with van der Waals surface area (Å²) in [5.74, 6) is 1.58. The largest absolute Gasteiger partial charge is 0.475 e. The molecule has 0 unspecified atom stereocenters. The number of aliphatic imine (C=N–C) groups is 2. The van der Waals surface area contributed by atoms with Crippen molar-refractivity contribution in [2.75, 3.05) is 13.2 Å². The Morgan fingerprint density at radius 1 is 0.594 bits per heavy atom. The second-order valence-electron chi connectivity index (χ2n) is 11.2. The van der Waals surface area contributed by atoms with Gasteiger partial charge >= 0.3 is 0 Å². The second kappa shape index (κ2) is 7.98. The van der Waals surface area contributed by atoms with E-state index in [2.05, 4.69) is 69.2 Å². The van der Waals surface area contributed by atoms with Crippen LogP contribution in [0.1, 0.15) is 72.2 Å². The van der Waals surface area contributed by atoms with Gasteiger partial charge in [0.15, 0.2) is 0 Å². The van der Waals surface area contributed by atoms with Crippen molar-refractivity contribution in [2.24, 2.45) is 20.8 Å². The van der Waals surface area contributed by atoms with Crippen molar-refractivity contribution in [3.63, 3.8) is 0 Å². The van der Waals surface area contributed by atoms with E-state index in [1.54, 1.807) is 0 Å². The van der Waals surface area contributed by atoms with E-state index in [0.29, 0.717) is 13.2 Å². The van der Waals surface area contributed by atoms with Gasteiger partial charge < -0.3 is 9.47 Å². The summed E-state index contributed by atoms with van der Waals surface area (Å²) in [5.41, 5.74) is 4.93. The number of aryl methyl sites for hydroxylation is 4. The lowest BCUT2D eigenvalue weighted by atomic mass is 9.88. The Morgan fingerprint density at radius 2 is 0.906 bits per heavy atom. The van der Waals surface area contributed by atoms with E-state index in [9.17, 15) is 0 Å². The molecule has 174 valence electrons. The van der Waals surface area contributed by atoms with Crippen LogP contribution in [0, 0.1) is 38.5 Å². The normalized spacial score (nSPS) is 21.4. The highest BCUT2D eigenvalue weighted by Gasteiger charge is 2.36. The Kier molecular flexibility index (Phi) is 5.86. The molecule has 0 aromatic carbocycles. The number of thiophene rings is 2. The molecule has 2 aromatic rings. The van der Waals surface area contributed by atoms with Crippen LogP contribution in [0.5, 0.6) is 0 Å². The van der Waals surface area contributed by atoms with Gasteiger partial charge in [-0.3, -0.25) is 0 Å². The molecule has 0 saturated heterocycles. The number of ether oxygens (including phenoxy) is 2. The molecule has 6 heteroatoms. The highest BCUT2D eigenvalue weighted by molar-refractivity contribution is 7.14. The summed E-state index contributed by atoms with van der Waals surface area (Å²) < 4.78 is 12.4. The SMILES string of the molecule is Cc1sc(C)c(-c2c(C)sc(C)c2C2=N[C@@H](C(C)(C)C)CO2)c1C1=N[C@@H](C(C)(C)C)CO1. The van der Waals surface area contributed by atoms with E-state index in [0.717, 1.165) is 22.9 Å². The number of hydrogen-bond acceptors (Lipinski definition) is 6. The summed E-state index contributed by atoms with van der Waals surface area (Å²) in [6.45, 7) is 23.4. The average Bonchev–Trinajstić information content (AvgIpc) is 3.39. The maximum atomic E-state index is 6.21. The molecule has 0 aliphatic carbocycles. The molecule has 0 fully saturated rings. The minimum absolute atomic E-state index is 0.0787. The maximum absolute atomic E-state index is 6.21. The summed E-state index contributed by atoms with van der Waals surface area (Å²) in [6, 6.07) is 0.342. The molecule has 0 radical (unpaired) electrons. The Bertz CT molecular complexity index is 1020. The van der Waals surface area contributed by atoms with E-state index in [1.165, 1.54) is 30.6 Å². The van der Waals surface area contributed by atoms with E-state index in [1.807, 2.05) is 22.7 Å². The fourth-order valence-electron chi connectivity index (χ4n) is 4.39. The topological polar surface area (TPSA) is 43.2 Å². The summed E-state index contributed by atoms with van der Waals surface area (Å²) in [7, 11) is 0. The van der Waals surface area contributed by atoms with Crippen molar-refractivity contribution in [2.45, 2.75) is 81.3 Å². The Balaban J connectivity index is 1.87. The fourth-order valence-corrected chi connectivity index (χ4v) is 6.51. The molecule has 2 aliphatic heterocycles. The second-order valence-corrected chi connectivity index (χ2v) is 14.0. The maximum Gasteiger partial charge on any atom is 0.218 e. The molecule has 2 atom stereocenters. The summed E-state index contributed by atoms with van der Waals surface area (Å²) in [5, 5.41) is 0. The number of hydrogen-bond donors (Lipinski definition) is 0. The molecule has 0 bridgehead atoms. The molecule has 0 spiro atoms. The Labute approximate surface area is 200 Å². The highest BCUT2D eigenvalue weighted by atomic mass is 32.1. The van der Waals surface area contributed by atoms with Gasteiger partial charge in [-0.2, -0.15) is 0 Å². The monoisotopic (exact) mass is 472 g/mol. The van der Waals surface area contributed by atoms with Gasteiger partial charge in [0.2, 0.25) is 11.8 Å². The average molecular weight is 473 g/mol. The number of rotatable bonds is 3. The minimum atomic E-state index is 0.0787. The lowest BCUT2D eigenvalue weighted by molar-refractivity contribution is 0.235. The zero-order chi connectivity index (χ0) is 23.6. The van der Waals surface area contributed by atoms with Gasteiger partial charge in [0.05, 0.1) is 23.2 Å². The zero-order valence-electron chi connectivity index (χ0n) is 21.1. The predicted octanol–water partition coefficient (Wildman–Crippen LogP) is 7.09. The molecule has 0 amide bonds. The third kappa shape index (κ3) is 4.05. The molecular weight excluding hydrogens is 436 g/mol. The van der Waals surface area contributed by atoms with Gasteiger partial charge in [0.25, 0.3) is 0 Å². The van der Waals surface area contributed by atoms with Gasteiger partial charge in [-0.1, -0.05) is 41.5 Å². The van der Waals surface area contributed by atoms with Crippen molar-refractivity contribution in [3.8, 4) is 11.1 Å². The van der Waals surface area contributed by atoms with Gasteiger partial charge in [-0.25, -0.2) is 9.98 Å². The molecule has 0 saturated carbocycles. The first-order valence-electron chi connectivity index (χ1n) is 11.4. The van der Waals surface area contributed by atoms with Crippen LogP contribution in [0.2, 0.25) is 0 Å².